The Morgan fingerprint density at radius 3 is 2.90 bits per heavy atom. The highest BCUT2D eigenvalue weighted by Gasteiger charge is 2.14. The predicted molar refractivity (Wildman–Crippen MR) is 71.9 cm³/mol. The van der Waals surface area contributed by atoms with Crippen molar-refractivity contribution in [3.05, 3.63) is 12.4 Å². The molecule has 0 aliphatic rings. The average molecular weight is 273 g/mol. The number of nitrogens with zero attached hydrogens (tertiary/aromatic N) is 6. The molecular formula is C12H15N7O. The molecule has 3 heterocycles. The number of aromatic hydroxyl groups is 1. The third-order valence-electron chi connectivity index (χ3n) is 3.10. The zero-order valence-electron chi connectivity index (χ0n) is 11.1. The van der Waals surface area contributed by atoms with Crippen molar-refractivity contribution in [2.75, 3.05) is 0 Å². The van der Waals surface area contributed by atoms with Gasteiger partial charge in [0.05, 0.1) is 12.4 Å². The first-order chi connectivity index (χ1) is 9.79. The van der Waals surface area contributed by atoms with E-state index in [1.807, 2.05) is 0 Å². The van der Waals surface area contributed by atoms with Crippen LogP contribution in [-0.4, -0.2) is 40.0 Å². The molecule has 0 saturated carbocycles. The highest BCUT2D eigenvalue weighted by molar-refractivity contribution is 5.70. The molecule has 0 aliphatic heterocycles. The van der Waals surface area contributed by atoms with Crippen molar-refractivity contribution in [1.82, 2.24) is 34.9 Å². The summed E-state index contributed by atoms with van der Waals surface area (Å²) in [6.07, 6.45) is 6.39. The van der Waals surface area contributed by atoms with Gasteiger partial charge in [-0.3, -0.25) is 9.67 Å². The summed E-state index contributed by atoms with van der Waals surface area (Å²) < 4.78 is 1.68. The van der Waals surface area contributed by atoms with Gasteiger partial charge in [-0.2, -0.15) is 4.98 Å². The molecule has 3 aromatic heterocycles. The van der Waals surface area contributed by atoms with E-state index in [4.69, 9.17) is 0 Å². The van der Waals surface area contributed by atoms with E-state index in [2.05, 4.69) is 37.3 Å². The van der Waals surface area contributed by atoms with Crippen LogP contribution in [0.1, 0.15) is 26.2 Å². The Labute approximate surface area is 114 Å². The highest BCUT2D eigenvalue weighted by atomic mass is 16.3. The summed E-state index contributed by atoms with van der Waals surface area (Å²) >= 11 is 0. The first kappa shape index (κ1) is 12.5. The van der Waals surface area contributed by atoms with Crippen molar-refractivity contribution in [3.8, 4) is 17.4 Å². The third-order valence-corrected chi connectivity index (χ3v) is 3.10. The molecule has 0 amide bonds. The summed E-state index contributed by atoms with van der Waals surface area (Å²) in [5.41, 5.74) is 2.22. The fourth-order valence-electron chi connectivity index (χ4n) is 2.06. The lowest BCUT2D eigenvalue weighted by atomic mass is 10.2. The summed E-state index contributed by atoms with van der Waals surface area (Å²) in [5, 5.41) is 20.1. The van der Waals surface area contributed by atoms with E-state index in [0.717, 1.165) is 19.3 Å². The lowest BCUT2D eigenvalue weighted by molar-refractivity contribution is 0.396. The molecule has 0 saturated heterocycles. The van der Waals surface area contributed by atoms with Gasteiger partial charge in [0, 0.05) is 6.54 Å². The molecule has 2 N–H and O–H groups in total. The van der Waals surface area contributed by atoms with E-state index in [0.29, 0.717) is 29.2 Å². The number of aryl methyl sites for hydroxylation is 1. The van der Waals surface area contributed by atoms with Crippen molar-refractivity contribution >= 4 is 11.3 Å². The molecule has 8 nitrogen and oxygen atoms in total. The minimum absolute atomic E-state index is 0.0478. The smallest absolute Gasteiger partial charge is 0.297 e. The van der Waals surface area contributed by atoms with Gasteiger partial charge in [0.15, 0.2) is 5.65 Å². The lowest BCUT2D eigenvalue weighted by Gasteiger charge is -2.04. The SMILES string of the molecule is CCCCCn1c(O)nc2ncc(-c3c[nH]nn3)nc21. The van der Waals surface area contributed by atoms with E-state index >= 15 is 0 Å². The summed E-state index contributed by atoms with van der Waals surface area (Å²) in [4.78, 5) is 12.7. The molecule has 8 heteroatoms. The number of unbranched alkanes of at least 4 members (excludes halogenated alkanes) is 2. The largest absolute Gasteiger partial charge is 0.480 e. The third kappa shape index (κ3) is 2.20. The number of aromatic amines is 1. The van der Waals surface area contributed by atoms with Gasteiger partial charge >= 0.3 is 0 Å². The molecular weight excluding hydrogens is 258 g/mol. The molecule has 0 aliphatic carbocycles. The number of hydrogen-bond acceptors (Lipinski definition) is 6. The first-order valence-electron chi connectivity index (χ1n) is 6.58. The van der Waals surface area contributed by atoms with Gasteiger partial charge in [-0.05, 0) is 6.42 Å². The van der Waals surface area contributed by atoms with Crippen LogP contribution in [0.5, 0.6) is 6.01 Å². The quantitative estimate of drug-likeness (QED) is 0.682. The van der Waals surface area contributed by atoms with Crippen LogP contribution in [0.25, 0.3) is 22.7 Å². The number of fused-ring (bicyclic) bond motifs is 1. The average Bonchev–Trinajstić information content (AvgIpc) is 3.07. The van der Waals surface area contributed by atoms with E-state index in [1.54, 1.807) is 17.0 Å². The zero-order valence-corrected chi connectivity index (χ0v) is 11.1. The molecule has 0 spiro atoms. The predicted octanol–water partition coefficient (Wildman–Crippen LogP) is 1.51. The topological polar surface area (TPSA) is 105 Å². The van der Waals surface area contributed by atoms with E-state index in [9.17, 15) is 5.11 Å². The van der Waals surface area contributed by atoms with Gasteiger partial charge in [-0.1, -0.05) is 25.0 Å². The second-order valence-corrected chi connectivity index (χ2v) is 4.53. The fourth-order valence-corrected chi connectivity index (χ4v) is 2.06. The summed E-state index contributed by atoms with van der Waals surface area (Å²) in [5.74, 6) is 0. The van der Waals surface area contributed by atoms with Crippen LogP contribution in [0.15, 0.2) is 12.4 Å². The molecule has 3 rings (SSSR count). The zero-order chi connectivity index (χ0) is 13.9. The first-order valence-corrected chi connectivity index (χ1v) is 6.58. The number of aromatic nitrogens is 7. The van der Waals surface area contributed by atoms with Crippen molar-refractivity contribution in [2.24, 2.45) is 0 Å². The van der Waals surface area contributed by atoms with Crippen LogP contribution in [-0.2, 0) is 6.54 Å². The lowest BCUT2D eigenvalue weighted by Crippen LogP contribution is -2.00. The normalized spacial score (nSPS) is 11.2. The van der Waals surface area contributed by atoms with Crippen molar-refractivity contribution < 1.29 is 5.11 Å². The van der Waals surface area contributed by atoms with E-state index in [1.165, 1.54) is 0 Å². The maximum Gasteiger partial charge on any atom is 0.297 e. The molecule has 0 fully saturated rings. The second-order valence-electron chi connectivity index (χ2n) is 4.53. The Hall–Kier alpha value is -2.51. The summed E-state index contributed by atoms with van der Waals surface area (Å²) in [7, 11) is 0. The Bertz CT molecular complexity index is 704. The molecule has 0 aromatic carbocycles. The van der Waals surface area contributed by atoms with Crippen LogP contribution in [0, 0.1) is 0 Å². The summed E-state index contributed by atoms with van der Waals surface area (Å²) in [6.45, 7) is 2.81. The van der Waals surface area contributed by atoms with Crippen LogP contribution in [0.2, 0.25) is 0 Å². The van der Waals surface area contributed by atoms with Gasteiger partial charge in [-0.25, -0.2) is 9.97 Å². The fraction of sp³-hybridized carbons (Fsp3) is 0.417. The highest BCUT2D eigenvalue weighted by Crippen LogP contribution is 2.21. The van der Waals surface area contributed by atoms with Gasteiger partial charge in [0.1, 0.15) is 11.4 Å². The monoisotopic (exact) mass is 273 g/mol. The number of hydrogen-bond donors (Lipinski definition) is 2. The van der Waals surface area contributed by atoms with Crippen molar-refractivity contribution in [1.29, 1.82) is 0 Å². The minimum Gasteiger partial charge on any atom is -0.480 e. The number of H-pyrrole nitrogens is 1. The van der Waals surface area contributed by atoms with Crippen molar-refractivity contribution in [3.63, 3.8) is 0 Å². The number of imidazole rings is 1. The van der Waals surface area contributed by atoms with E-state index in [-0.39, 0.29) is 6.01 Å². The molecule has 0 radical (unpaired) electrons. The van der Waals surface area contributed by atoms with Gasteiger partial charge < -0.3 is 5.11 Å². The maximum atomic E-state index is 9.89. The Morgan fingerprint density at radius 2 is 2.15 bits per heavy atom. The standard InChI is InChI=1S/C12H15N7O/c1-2-3-4-5-19-11-10(16-12(19)20)13-6-8(15-11)9-7-14-18-17-9/h6-7H,2-5H2,1H3,(H,13,16,20)(H,14,17,18). The Kier molecular flexibility index (Phi) is 3.28. The van der Waals surface area contributed by atoms with Crippen LogP contribution in [0.4, 0.5) is 0 Å². The van der Waals surface area contributed by atoms with Gasteiger partial charge in [0.2, 0.25) is 5.65 Å². The second kappa shape index (κ2) is 5.24. The van der Waals surface area contributed by atoms with Crippen LogP contribution in [0.3, 0.4) is 0 Å². The maximum absolute atomic E-state index is 9.89. The molecule has 104 valence electrons. The molecule has 0 unspecified atom stereocenters. The van der Waals surface area contributed by atoms with Crippen molar-refractivity contribution in [2.45, 2.75) is 32.7 Å². The molecule has 3 aromatic rings. The molecule has 0 bridgehead atoms. The van der Waals surface area contributed by atoms with Gasteiger partial charge in [-0.15, -0.1) is 5.10 Å². The van der Waals surface area contributed by atoms with Crippen LogP contribution < -0.4 is 0 Å². The number of rotatable bonds is 5. The van der Waals surface area contributed by atoms with Crippen LogP contribution >= 0.6 is 0 Å². The Balaban J connectivity index is 2.01. The minimum atomic E-state index is -0.0478. The molecule has 20 heavy (non-hydrogen) atoms. The number of nitrogens with one attached hydrogen (secondary N) is 1. The van der Waals surface area contributed by atoms with Gasteiger partial charge in [0.25, 0.3) is 6.01 Å². The Morgan fingerprint density at radius 1 is 1.25 bits per heavy atom. The molecule has 0 atom stereocenters. The van der Waals surface area contributed by atoms with E-state index < -0.39 is 0 Å². The summed E-state index contributed by atoms with van der Waals surface area (Å²) in [6, 6.07) is -0.0478.